The van der Waals surface area contributed by atoms with E-state index in [0.29, 0.717) is 23.7 Å². The van der Waals surface area contributed by atoms with Crippen LogP contribution in [0.1, 0.15) is 22.2 Å². The van der Waals surface area contributed by atoms with Crippen molar-refractivity contribution in [1.29, 1.82) is 0 Å². The average Bonchev–Trinajstić information content (AvgIpc) is 3.03. The second-order valence-corrected chi connectivity index (χ2v) is 6.15. The molecule has 1 N–H and O–H groups in total. The van der Waals surface area contributed by atoms with Crippen LogP contribution >= 0.6 is 22.9 Å². The second kappa shape index (κ2) is 7.96. The van der Waals surface area contributed by atoms with Crippen molar-refractivity contribution in [3.05, 3.63) is 57.2 Å². The van der Waals surface area contributed by atoms with Gasteiger partial charge in [0.25, 0.3) is 5.91 Å². The summed E-state index contributed by atoms with van der Waals surface area (Å²) in [6, 6.07) is 10.6. The number of carbonyl (C=O) groups excluding carboxylic acids is 2. The van der Waals surface area contributed by atoms with E-state index in [4.69, 9.17) is 11.6 Å². The van der Waals surface area contributed by atoms with E-state index in [1.54, 1.807) is 40.5 Å². The molecule has 4 nitrogen and oxygen atoms in total. The summed E-state index contributed by atoms with van der Waals surface area (Å²) in [7, 11) is 0. The van der Waals surface area contributed by atoms with Gasteiger partial charge in [0.05, 0.1) is 13.1 Å². The standard InChI is InChI=1S/C16H17ClN2O2S/c1-2-19(11-14-7-4-8-22-14)15(20)10-18-16(21)12-5-3-6-13(17)9-12/h3-9H,2,10-11H2,1H3,(H,18,21). The van der Waals surface area contributed by atoms with E-state index in [0.717, 1.165) is 4.88 Å². The Balaban J connectivity index is 1.89. The first kappa shape index (κ1) is 16.5. The van der Waals surface area contributed by atoms with Crippen LogP contribution in [-0.2, 0) is 11.3 Å². The summed E-state index contributed by atoms with van der Waals surface area (Å²) in [4.78, 5) is 27.0. The van der Waals surface area contributed by atoms with Crippen molar-refractivity contribution in [1.82, 2.24) is 10.2 Å². The van der Waals surface area contributed by atoms with E-state index < -0.39 is 0 Å². The van der Waals surface area contributed by atoms with Gasteiger partial charge in [-0.15, -0.1) is 11.3 Å². The van der Waals surface area contributed by atoms with Crippen molar-refractivity contribution in [2.24, 2.45) is 0 Å². The number of carbonyl (C=O) groups is 2. The lowest BCUT2D eigenvalue weighted by Gasteiger charge is -2.20. The Hall–Kier alpha value is -1.85. The molecule has 1 aromatic carbocycles. The summed E-state index contributed by atoms with van der Waals surface area (Å²) >= 11 is 7.46. The van der Waals surface area contributed by atoms with E-state index in [2.05, 4.69) is 5.32 Å². The number of thiophene rings is 1. The van der Waals surface area contributed by atoms with E-state index >= 15 is 0 Å². The van der Waals surface area contributed by atoms with Gasteiger partial charge in [-0.3, -0.25) is 9.59 Å². The quantitative estimate of drug-likeness (QED) is 0.880. The summed E-state index contributed by atoms with van der Waals surface area (Å²) in [6.07, 6.45) is 0. The Bertz CT molecular complexity index is 643. The van der Waals surface area contributed by atoms with E-state index in [1.807, 2.05) is 24.4 Å². The molecule has 0 aliphatic heterocycles. The molecule has 0 unspecified atom stereocenters. The molecule has 116 valence electrons. The Morgan fingerprint density at radius 2 is 2.09 bits per heavy atom. The molecular formula is C16H17ClN2O2S. The van der Waals surface area contributed by atoms with Crippen LogP contribution in [0.2, 0.25) is 5.02 Å². The molecule has 0 bridgehead atoms. The average molecular weight is 337 g/mol. The molecule has 0 aliphatic rings. The highest BCUT2D eigenvalue weighted by atomic mass is 35.5. The Morgan fingerprint density at radius 3 is 2.73 bits per heavy atom. The minimum atomic E-state index is -0.303. The zero-order valence-corrected chi connectivity index (χ0v) is 13.8. The number of nitrogens with zero attached hydrogens (tertiary/aromatic N) is 1. The molecule has 2 aromatic rings. The number of amides is 2. The van der Waals surface area contributed by atoms with Crippen molar-refractivity contribution < 1.29 is 9.59 Å². The van der Waals surface area contributed by atoms with Crippen molar-refractivity contribution in [2.75, 3.05) is 13.1 Å². The molecule has 1 heterocycles. The fraction of sp³-hybridized carbons (Fsp3) is 0.250. The van der Waals surface area contributed by atoms with Gasteiger partial charge in [0.1, 0.15) is 0 Å². The Labute approximate surface area is 138 Å². The molecule has 2 rings (SSSR count). The zero-order valence-electron chi connectivity index (χ0n) is 12.2. The Kier molecular flexibility index (Phi) is 5.98. The maximum absolute atomic E-state index is 12.2. The summed E-state index contributed by atoms with van der Waals surface area (Å²) < 4.78 is 0. The molecule has 22 heavy (non-hydrogen) atoms. The first-order chi connectivity index (χ1) is 10.6. The largest absolute Gasteiger partial charge is 0.343 e. The van der Waals surface area contributed by atoms with Crippen LogP contribution in [0.5, 0.6) is 0 Å². The van der Waals surface area contributed by atoms with Gasteiger partial charge in [-0.2, -0.15) is 0 Å². The summed E-state index contributed by atoms with van der Waals surface area (Å²) in [5.74, 6) is -0.408. The number of nitrogens with one attached hydrogen (secondary N) is 1. The number of hydrogen-bond acceptors (Lipinski definition) is 3. The predicted molar refractivity (Wildman–Crippen MR) is 89.2 cm³/mol. The van der Waals surface area contributed by atoms with E-state index in [-0.39, 0.29) is 18.4 Å². The fourth-order valence-corrected chi connectivity index (χ4v) is 2.88. The molecule has 0 fully saturated rings. The van der Waals surface area contributed by atoms with Gasteiger partial charge in [-0.1, -0.05) is 23.7 Å². The summed E-state index contributed by atoms with van der Waals surface area (Å²) in [6.45, 7) is 3.07. The maximum Gasteiger partial charge on any atom is 0.251 e. The van der Waals surface area contributed by atoms with Crippen LogP contribution in [0.25, 0.3) is 0 Å². The molecule has 0 radical (unpaired) electrons. The second-order valence-electron chi connectivity index (χ2n) is 4.68. The molecule has 0 spiro atoms. The van der Waals surface area contributed by atoms with Gasteiger partial charge in [-0.05, 0) is 36.6 Å². The minimum absolute atomic E-state index is 0.0233. The van der Waals surface area contributed by atoms with Gasteiger partial charge in [0.2, 0.25) is 5.91 Å². The molecule has 0 aliphatic carbocycles. The van der Waals surface area contributed by atoms with Crippen LogP contribution in [0.4, 0.5) is 0 Å². The fourth-order valence-electron chi connectivity index (χ4n) is 1.97. The monoisotopic (exact) mass is 336 g/mol. The number of hydrogen-bond donors (Lipinski definition) is 1. The van der Waals surface area contributed by atoms with Gasteiger partial charge in [0.15, 0.2) is 0 Å². The first-order valence-electron chi connectivity index (χ1n) is 6.94. The third-order valence-electron chi connectivity index (χ3n) is 3.15. The lowest BCUT2D eigenvalue weighted by atomic mass is 10.2. The highest BCUT2D eigenvalue weighted by Crippen LogP contribution is 2.12. The smallest absolute Gasteiger partial charge is 0.251 e. The topological polar surface area (TPSA) is 49.4 Å². The Morgan fingerprint density at radius 1 is 1.27 bits per heavy atom. The zero-order chi connectivity index (χ0) is 15.9. The third kappa shape index (κ3) is 4.58. The number of halogens is 1. The molecule has 2 amide bonds. The van der Waals surface area contributed by atoms with Gasteiger partial charge in [0, 0.05) is 22.0 Å². The predicted octanol–water partition coefficient (Wildman–Crippen LogP) is 3.18. The number of benzene rings is 1. The highest BCUT2D eigenvalue weighted by molar-refractivity contribution is 7.09. The molecule has 0 saturated heterocycles. The molecule has 1 aromatic heterocycles. The molecule has 0 atom stereocenters. The number of likely N-dealkylation sites (N-methyl/N-ethyl adjacent to an activating group) is 1. The number of rotatable bonds is 6. The van der Waals surface area contributed by atoms with Gasteiger partial charge < -0.3 is 10.2 Å². The lowest BCUT2D eigenvalue weighted by Crippen LogP contribution is -2.39. The van der Waals surface area contributed by atoms with Crippen molar-refractivity contribution in [3.8, 4) is 0 Å². The van der Waals surface area contributed by atoms with Gasteiger partial charge >= 0.3 is 0 Å². The highest BCUT2D eigenvalue weighted by Gasteiger charge is 2.14. The normalized spacial score (nSPS) is 10.3. The lowest BCUT2D eigenvalue weighted by molar-refractivity contribution is -0.130. The van der Waals surface area contributed by atoms with Crippen molar-refractivity contribution in [3.63, 3.8) is 0 Å². The SMILES string of the molecule is CCN(Cc1cccs1)C(=O)CNC(=O)c1cccc(Cl)c1. The molecule has 6 heteroatoms. The molecule has 0 saturated carbocycles. The van der Waals surface area contributed by atoms with Crippen LogP contribution < -0.4 is 5.32 Å². The van der Waals surface area contributed by atoms with Crippen LogP contribution in [0.15, 0.2) is 41.8 Å². The van der Waals surface area contributed by atoms with Crippen LogP contribution in [0, 0.1) is 0 Å². The van der Waals surface area contributed by atoms with Crippen LogP contribution in [0.3, 0.4) is 0 Å². The van der Waals surface area contributed by atoms with E-state index in [9.17, 15) is 9.59 Å². The van der Waals surface area contributed by atoms with Crippen LogP contribution in [-0.4, -0.2) is 29.8 Å². The van der Waals surface area contributed by atoms with E-state index in [1.165, 1.54) is 0 Å². The molecular weight excluding hydrogens is 320 g/mol. The van der Waals surface area contributed by atoms with Crippen molar-refractivity contribution >= 4 is 34.8 Å². The maximum atomic E-state index is 12.2. The summed E-state index contributed by atoms with van der Waals surface area (Å²) in [5.41, 5.74) is 0.446. The minimum Gasteiger partial charge on any atom is -0.343 e. The van der Waals surface area contributed by atoms with Gasteiger partial charge in [-0.25, -0.2) is 0 Å². The third-order valence-corrected chi connectivity index (χ3v) is 4.24. The van der Waals surface area contributed by atoms with Crippen molar-refractivity contribution in [2.45, 2.75) is 13.5 Å². The summed E-state index contributed by atoms with van der Waals surface area (Å²) in [5, 5.41) is 5.11. The first-order valence-corrected chi connectivity index (χ1v) is 8.20.